The molecule has 0 spiro atoms. The van der Waals surface area contributed by atoms with Gasteiger partial charge in [0.1, 0.15) is 11.5 Å². The molecule has 4 aromatic rings. The molecule has 2 N–H and O–H groups in total. The Morgan fingerprint density at radius 3 is 2.09 bits per heavy atom. The van der Waals surface area contributed by atoms with E-state index < -0.39 is 24.3 Å². The van der Waals surface area contributed by atoms with Gasteiger partial charge in [-0.2, -0.15) is 26.3 Å². The number of pyridine rings is 2. The first-order chi connectivity index (χ1) is 20.9. The predicted molar refractivity (Wildman–Crippen MR) is 145 cm³/mol. The van der Waals surface area contributed by atoms with Gasteiger partial charge in [-0.3, -0.25) is 14.7 Å². The van der Waals surface area contributed by atoms with Gasteiger partial charge in [0.15, 0.2) is 0 Å². The summed E-state index contributed by atoms with van der Waals surface area (Å²) in [6.45, 7) is 5.78. The number of aromatic nitrogens is 3. The lowest BCUT2D eigenvalue weighted by Crippen LogP contribution is -2.49. The fourth-order valence-corrected chi connectivity index (χ4v) is 4.35. The molecule has 0 saturated carbocycles. The van der Waals surface area contributed by atoms with Gasteiger partial charge in [0, 0.05) is 43.8 Å². The first-order valence-corrected chi connectivity index (χ1v) is 12.9. The first-order valence-electron chi connectivity index (χ1n) is 12.9. The van der Waals surface area contributed by atoms with E-state index in [-0.39, 0.29) is 11.9 Å². The number of imidazole rings is 1. The number of furan rings is 1. The standard InChI is InChI=1S/C24H25N5O2.2C2HF3O2/c1-16-11-20(17(2)31-16)24(30)28-10-9-27(3)22(14-28)23-21-7-6-19(13-29(21)15-26-23)18-5-4-8-25-12-18;2*3-2(4,5)1(6)7/h4-8,11-13,15,22H,9-10,14H2,1-3H3;2*(H,6,7). The highest BCUT2D eigenvalue weighted by atomic mass is 19.4. The molecule has 11 nitrogen and oxygen atoms in total. The maximum absolute atomic E-state index is 13.1. The van der Waals surface area contributed by atoms with Crippen molar-refractivity contribution < 1.29 is 55.4 Å². The van der Waals surface area contributed by atoms with Crippen molar-refractivity contribution in [3.8, 4) is 11.1 Å². The van der Waals surface area contributed by atoms with E-state index in [0.29, 0.717) is 24.4 Å². The van der Waals surface area contributed by atoms with E-state index in [1.807, 2.05) is 49.5 Å². The van der Waals surface area contributed by atoms with Crippen molar-refractivity contribution in [2.45, 2.75) is 32.2 Å². The quantitative estimate of drug-likeness (QED) is 0.295. The fraction of sp³-hybridized carbons (Fsp3) is 0.321. The molecule has 1 aliphatic rings. The molecule has 242 valence electrons. The van der Waals surface area contributed by atoms with Gasteiger partial charge in [-0.1, -0.05) is 12.1 Å². The summed E-state index contributed by atoms with van der Waals surface area (Å²) in [5.74, 6) is -4.06. The number of likely N-dealkylation sites (N-methyl/N-ethyl adjacent to an activating group) is 1. The summed E-state index contributed by atoms with van der Waals surface area (Å²) in [4.78, 5) is 44.1. The number of halogens is 6. The van der Waals surface area contributed by atoms with Crippen molar-refractivity contribution in [1.82, 2.24) is 24.2 Å². The van der Waals surface area contributed by atoms with Crippen molar-refractivity contribution >= 4 is 23.4 Å². The first kappa shape index (κ1) is 34.6. The highest BCUT2D eigenvalue weighted by Crippen LogP contribution is 2.29. The topological polar surface area (TPSA) is 141 Å². The summed E-state index contributed by atoms with van der Waals surface area (Å²) in [6.07, 6.45) is -2.61. The summed E-state index contributed by atoms with van der Waals surface area (Å²) in [7, 11) is 2.09. The number of rotatable bonds is 3. The van der Waals surface area contributed by atoms with E-state index in [4.69, 9.17) is 29.2 Å². The number of aryl methyl sites for hydroxylation is 2. The lowest BCUT2D eigenvalue weighted by molar-refractivity contribution is -0.193. The number of piperazine rings is 1. The molecule has 1 atom stereocenters. The number of aliphatic carboxylic acids is 2. The number of carboxylic acids is 2. The maximum Gasteiger partial charge on any atom is 0.490 e. The maximum atomic E-state index is 13.1. The molecule has 1 fully saturated rings. The van der Waals surface area contributed by atoms with Gasteiger partial charge in [0.05, 0.1) is 29.1 Å². The van der Waals surface area contributed by atoms with Crippen LogP contribution in [0.1, 0.15) is 33.6 Å². The average molecular weight is 644 g/mol. The van der Waals surface area contributed by atoms with Gasteiger partial charge in [-0.25, -0.2) is 14.6 Å². The van der Waals surface area contributed by atoms with Crippen LogP contribution in [-0.4, -0.2) is 91.3 Å². The monoisotopic (exact) mass is 643 g/mol. The van der Waals surface area contributed by atoms with E-state index in [1.165, 1.54) is 0 Å². The Hall–Kier alpha value is -4.93. The zero-order chi connectivity index (χ0) is 33.7. The van der Waals surface area contributed by atoms with Crippen LogP contribution in [0.3, 0.4) is 0 Å². The van der Waals surface area contributed by atoms with Gasteiger partial charge >= 0.3 is 24.3 Å². The number of amides is 1. The van der Waals surface area contributed by atoms with Gasteiger partial charge in [0.25, 0.3) is 5.91 Å². The highest BCUT2D eigenvalue weighted by molar-refractivity contribution is 5.95. The molecule has 1 saturated heterocycles. The minimum Gasteiger partial charge on any atom is -0.475 e. The number of hydrogen-bond acceptors (Lipinski definition) is 7. The number of carboxylic acid groups (broad SMARTS) is 2. The molecule has 17 heteroatoms. The molecule has 45 heavy (non-hydrogen) atoms. The molecule has 4 aromatic heterocycles. The van der Waals surface area contributed by atoms with Crippen LogP contribution in [0.2, 0.25) is 0 Å². The largest absolute Gasteiger partial charge is 0.490 e. The Bertz CT molecular complexity index is 1630. The Morgan fingerprint density at radius 1 is 0.956 bits per heavy atom. The summed E-state index contributed by atoms with van der Waals surface area (Å²) >= 11 is 0. The number of nitrogens with zero attached hydrogens (tertiary/aromatic N) is 5. The molecular formula is C28H27F6N5O6. The third-order valence-corrected chi connectivity index (χ3v) is 6.56. The van der Waals surface area contributed by atoms with E-state index in [2.05, 4.69) is 39.7 Å². The predicted octanol–water partition coefficient (Wildman–Crippen LogP) is 5.00. The third-order valence-electron chi connectivity index (χ3n) is 6.56. The van der Waals surface area contributed by atoms with Crippen LogP contribution < -0.4 is 0 Å². The second kappa shape index (κ2) is 13.8. The lowest BCUT2D eigenvalue weighted by atomic mass is 10.1. The number of hydrogen-bond donors (Lipinski definition) is 2. The van der Waals surface area contributed by atoms with Crippen molar-refractivity contribution in [1.29, 1.82) is 0 Å². The van der Waals surface area contributed by atoms with E-state index in [1.54, 1.807) is 6.20 Å². The number of fused-ring (bicyclic) bond motifs is 1. The SMILES string of the molecule is Cc1cc(C(=O)N2CCN(C)C(c3ncn4cc(-c5cccnc5)ccc34)C2)c(C)o1.O=C(O)C(F)(F)F.O=C(O)C(F)(F)F. The van der Waals surface area contributed by atoms with E-state index in [9.17, 15) is 31.1 Å². The second-order valence-electron chi connectivity index (χ2n) is 9.76. The van der Waals surface area contributed by atoms with E-state index >= 15 is 0 Å². The molecule has 0 radical (unpaired) electrons. The Kier molecular flexibility index (Phi) is 10.6. The summed E-state index contributed by atoms with van der Waals surface area (Å²) in [5.41, 5.74) is 4.84. The van der Waals surface area contributed by atoms with Gasteiger partial charge in [0.2, 0.25) is 0 Å². The minimum atomic E-state index is -5.08. The smallest absolute Gasteiger partial charge is 0.475 e. The van der Waals surface area contributed by atoms with Crippen LogP contribution in [0, 0.1) is 13.8 Å². The van der Waals surface area contributed by atoms with Crippen LogP contribution in [0.5, 0.6) is 0 Å². The summed E-state index contributed by atoms with van der Waals surface area (Å²) in [5, 5.41) is 14.2. The van der Waals surface area contributed by atoms with Crippen molar-refractivity contribution in [3.05, 3.63) is 78.0 Å². The second-order valence-corrected chi connectivity index (χ2v) is 9.76. The number of carbonyl (C=O) groups is 3. The van der Waals surface area contributed by atoms with Gasteiger partial charge < -0.3 is 23.9 Å². The van der Waals surface area contributed by atoms with Crippen LogP contribution in [0.15, 0.2) is 59.7 Å². The van der Waals surface area contributed by atoms with Crippen molar-refractivity contribution in [3.63, 3.8) is 0 Å². The van der Waals surface area contributed by atoms with Crippen LogP contribution in [0.4, 0.5) is 26.3 Å². The average Bonchev–Trinajstić information content (AvgIpc) is 3.54. The molecule has 1 aliphatic heterocycles. The van der Waals surface area contributed by atoms with Gasteiger partial charge in [-0.15, -0.1) is 0 Å². The molecule has 1 unspecified atom stereocenters. The minimum absolute atomic E-state index is 0.0230. The van der Waals surface area contributed by atoms with Crippen molar-refractivity contribution in [2.24, 2.45) is 0 Å². The molecule has 0 aromatic carbocycles. The van der Waals surface area contributed by atoms with Crippen LogP contribution in [0.25, 0.3) is 16.6 Å². The third kappa shape index (κ3) is 8.81. The van der Waals surface area contributed by atoms with Gasteiger partial charge in [-0.05, 0) is 44.7 Å². The molecular weight excluding hydrogens is 616 g/mol. The normalized spacial score (nSPS) is 15.5. The van der Waals surface area contributed by atoms with E-state index in [0.717, 1.165) is 34.6 Å². The summed E-state index contributed by atoms with van der Waals surface area (Å²) < 4.78 is 71.1. The summed E-state index contributed by atoms with van der Waals surface area (Å²) in [6, 6.07) is 10.0. The van der Waals surface area contributed by atoms with Crippen molar-refractivity contribution in [2.75, 3.05) is 26.7 Å². The Labute approximate surface area is 251 Å². The Balaban J connectivity index is 0.000000331. The zero-order valence-electron chi connectivity index (χ0n) is 23.9. The van der Waals surface area contributed by atoms with Crippen LogP contribution in [-0.2, 0) is 9.59 Å². The number of alkyl halides is 6. The lowest BCUT2D eigenvalue weighted by Gasteiger charge is -2.38. The fourth-order valence-electron chi connectivity index (χ4n) is 4.35. The highest BCUT2D eigenvalue weighted by Gasteiger charge is 2.39. The molecule has 0 aliphatic carbocycles. The van der Waals surface area contributed by atoms with Crippen LogP contribution >= 0.6 is 0 Å². The number of carbonyl (C=O) groups excluding carboxylic acids is 1. The Morgan fingerprint density at radius 2 is 1.58 bits per heavy atom. The molecule has 5 heterocycles. The molecule has 5 rings (SSSR count). The zero-order valence-corrected chi connectivity index (χ0v) is 23.9. The molecule has 1 amide bonds. The molecule has 0 bridgehead atoms.